The van der Waals surface area contributed by atoms with Gasteiger partial charge in [-0.25, -0.2) is 0 Å². The quantitative estimate of drug-likeness (QED) is 0.784. The predicted molar refractivity (Wildman–Crippen MR) is 61.1 cm³/mol. The van der Waals surface area contributed by atoms with Gasteiger partial charge in [0.1, 0.15) is 0 Å². The van der Waals surface area contributed by atoms with Crippen LogP contribution in [0.4, 0.5) is 0 Å². The monoisotopic (exact) mass is 230 g/mol. The van der Waals surface area contributed by atoms with E-state index in [2.05, 4.69) is 6.58 Å². The van der Waals surface area contributed by atoms with Gasteiger partial charge in [0.15, 0.2) is 0 Å². The molecule has 1 aromatic rings. The van der Waals surface area contributed by atoms with Gasteiger partial charge in [0.05, 0.1) is 16.7 Å². The van der Waals surface area contributed by atoms with E-state index in [1.54, 1.807) is 18.2 Å². The molecule has 1 rings (SSSR count). The average molecular weight is 231 g/mol. The van der Waals surface area contributed by atoms with Crippen molar-refractivity contribution in [3.63, 3.8) is 0 Å². The molecule has 1 nitrogen and oxygen atoms in total. The largest absolute Gasteiger partial charge is 0.396 e. The number of benzene rings is 1. The van der Waals surface area contributed by atoms with Crippen LogP contribution in [-0.2, 0) is 0 Å². The van der Waals surface area contributed by atoms with Crippen LogP contribution in [0.5, 0.6) is 0 Å². The van der Waals surface area contributed by atoms with E-state index in [9.17, 15) is 0 Å². The van der Waals surface area contributed by atoms with Gasteiger partial charge in [-0.3, -0.25) is 0 Å². The fourth-order valence-electron chi connectivity index (χ4n) is 1.28. The summed E-state index contributed by atoms with van der Waals surface area (Å²) in [6.07, 6.45) is 2.51. The highest BCUT2D eigenvalue weighted by Crippen LogP contribution is 2.27. The summed E-state index contributed by atoms with van der Waals surface area (Å²) in [7, 11) is 0. The number of aliphatic hydroxyl groups is 1. The van der Waals surface area contributed by atoms with Crippen molar-refractivity contribution in [2.45, 2.75) is 12.3 Å². The molecule has 0 aliphatic rings. The molecule has 0 spiro atoms. The van der Waals surface area contributed by atoms with Gasteiger partial charge in [-0.05, 0) is 24.1 Å². The van der Waals surface area contributed by atoms with E-state index >= 15 is 0 Å². The molecular formula is C11H12Cl2O. The molecule has 0 aliphatic heterocycles. The number of hydrogen-bond acceptors (Lipinski definition) is 1. The SMILES string of the molecule is C=CC[C@H](CO)c1ccc(Cl)c(Cl)c1. The van der Waals surface area contributed by atoms with E-state index in [-0.39, 0.29) is 12.5 Å². The molecule has 0 amide bonds. The molecule has 0 radical (unpaired) electrons. The zero-order valence-electron chi connectivity index (χ0n) is 7.71. The summed E-state index contributed by atoms with van der Waals surface area (Å²) in [6.45, 7) is 3.73. The van der Waals surface area contributed by atoms with Crippen LogP contribution in [-0.4, -0.2) is 11.7 Å². The number of hydrogen-bond donors (Lipinski definition) is 1. The normalized spacial score (nSPS) is 12.5. The second-order valence-corrected chi connectivity index (χ2v) is 3.89. The molecule has 0 saturated carbocycles. The summed E-state index contributed by atoms with van der Waals surface area (Å²) < 4.78 is 0. The summed E-state index contributed by atoms with van der Waals surface area (Å²) >= 11 is 11.7. The highest BCUT2D eigenvalue weighted by atomic mass is 35.5. The summed E-state index contributed by atoms with van der Waals surface area (Å²) in [5.41, 5.74) is 0.988. The number of allylic oxidation sites excluding steroid dienone is 1. The predicted octanol–water partition coefficient (Wildman–Crippen LogP) is 3.65. The molecule has 0 aliphatic carbocycles. The summed E-state index contributed by atoms with van der Waals surface area (Å²) in [5.74, 6) is 0.0577. The number of rotatable bonds is 4. The highest BCUT2D eigenvalue weighted by molar-refractivity contribution is 6.42. The second-order valence-electron chi connectivity index (χ2n) is 3.08. The Balaban J connectivity index is 2.93. The third-order valence-electron chi connectivity index (χ3n) is 2.09. The topological polar surface area (TPSA) is 20.2 Å². The van der Waals surface area contributed by atoms with Gasteiger partial charge in [0.2, 0.25) is 0 Å². The maximum atomic E-state index is 9.15. The van der Waals surface area contributed by atoms with Crippen LogP contribution in [0.25, 0.3) is 0 Å². The summed E-state index contributed by atoms with van der Waals surface area (Å²) in [4.78, 5) is 0. The first-order valence-corrected chi connectivity index (χ1v) is 5.11. The molecule has 0 aromatic heterocycles. The first-order chi connectivity index (χ1) is 6.69. The molecule has 3 heteroatoms. The average Bonchev–Trinajstić information content (AvgIpc) is 2.19. The van der Waals surface area contributed by atoms with Gasteiger partial charge in [0, 0.05) is 5.92 Å². The summed E-state index contributed by atoms with van der Waals surface area (Å²) in [6, 6.07) is 5.40. The maximum absolute atomic E-state index is 9.15. The Bertz CT molecular complexity index is 323. The minimum absolute atomic E-state index is 0.0577. The first-order valence-electron chi connectivity index (χ1n) is 4.35. The van der Waals surface area contributed by atoms with Gasteiger partial charge in [0.25, 0.3) is 0 Å². The van der Waals surface area contributed by atoms with Crippen molar-refractivity contribution in [3.05, 3.63) is 46.5 Å². The minimum atomic E-state index is 0.0577. The van der Waals surface area contributed by atoms with Crippen LogP contribution < -0.4 is 0 Å². The first kappa shape index (κ1) is 11.6. The fourth-order valence-corrected chi connectivity index (χ4v) is 1.59. The lowest BCUT2D eigenvalue weighted by atomic mass is 9.97. The smallest absolute Gasteiger partial charge is 0.0595 e. The molecular weight excluding hydrogens is 219 g/mol. The molecule has 76 valence electrons. The lowest BCUT2D eigenvalue weighted by Crippen LogP contribution is -2.02. The van der Waals surface area contributed by atoms with Crippen LogP contribution >= 0.6 is 23.2 Å². The van der Waals surface area contributed by atoms with E-state index in [1.807, 2.05) is 6.07 Å². The third kappa shape index (κ3) is 2.74. The van der Waals surface area contributed by atoms with Gasteiger partial charge in [-0.15, -0.1) is 6.58 Å². The fraction of sp³-hybridized carbons (Fsp3) is 0.273. The molecule has 0 unspecified atom stereocenters. The Labute approximate surface area is 94.0 Å². The lowest BCUT2D eigenvalue weighted by molar-refractivity contribution is 0.266. The van der Waals surface area contributed by atoms with E-state index in [0.717, 1.165) is 12.0 Å². The summed E-state index contributed by atoms with van der Waals surface area (Å²) in [5, 5.41) is 10.2. The lowest BCUT2D eigenvalue weighted by Gasteiger charge is -2.12. The molecule has 0 saturated heterocycles. The molecule has 1 N–H and O–H groups in total. The van der Waals surface area contributed by atoms with E-state index in [0.29, 0.717) is 10.0 Å². The van der Waals surface area contributed by atoms with Gasteiger partial charge >= 0.3 is 0 Å². The number of halogens is 2. The Morgan fingerprint density at radius 1 is 1.36 bits per heavy atom. The molecule has 0 heterocycles. The molecule has 0 bridgehead atoms. The zero-order chi connectivity index (χ0) is 10.6. The Kier molecular flexibility index (Phi) is 4.46. The van der Waals surface area contributed by atoms with Gasteiger partial charge < -0.3 is 5.11 Å². The zero-order valence-corrected chi connectivity index (χ0v) is 9.22. The van der Waals surface area contributed by atoms with Gasteiger partial charge in [-0.2, -0.15) is 0 Å². The third-order valence-corrected chi connectivity index (χ3v) is 2.83. The van der Waals surface area contributed by atoms with Gasteiger partial charge in [-0.1, -0.05) is 35.3 Å². The van der Waals surface area contributed by atoms with Crippen molar-refractivity contribution in [2.75, 3.05) is 6.61 Å². The molecule has 0 fully saturated rings. The van der Waals surface area contributed by atoms with Crippen molar-refractivity contribution in [3.8, 4) is 0 Å². The van der Waals surface area contributed by atoms with E-state index in [1.165, 1.54) is 0 Å². The minimum Gasteiger partial charge on any atom is -0.396 e. The standard InChI is InChI=1S/C11H12Cl2O/c1-2-3-9(7-14)8-4-5-10(12)11(13)6-8/h2,4-6,9,14H,1,3,7H2/t9-/m1/s1. The molecule has 1 atom stereocenters. The van der Waals surface area contributed by atoms with Crippen molar-refractivity contribution >= 4 is 23.2 Å². The molecule has 14 heavy (non-hydrogen) atoms. The Morgan fingerprint density at radius 2 is 2.07 bits per heavy atom. The van der Waals surface area contributed by atoms with Crippen LogP contribution in [0.15, 0.2) is 30.9 Å². The Hall–Kier alpha value is -0.500. The van der Waals surface area contributed by atoms with Crippen LogP contribution in [0.3, 0.4) is 0 Å². The van der Waals surface area contributed by atoms with E-state index < -0.39 is 0 Å². The van der Waals surface area contributed by atoms with Crippen LogP contribution in [0, 0.1) is 0 Å². The van der Waals surface area contributed by atoms with Crippen molar-refractivity contribution in [1.82, 2.24) is 0 Å². The van der Waals surface area contributed by atoms with Crippen molar-refractivity contribution < 1.29 is 5.11 Å². The Morgan fingerprint density at radius 3 is 2.57 bits per heavy atom. The second kappa shape index (κ2) is 5.40. The maximum Gasteiger partial charge on any atom is 0.0595 e. The van der Waals surface area contributed by atoms with Crippen LogP contribution in [0.2, 0.25) is 10.0 Å². The van der Waals surface area contributed by atoms with E-state index in [4.69, 9.17) is 28.3 Å². The van der Waals surface area contributed by atoms with Crippen molar-refractivity contribution in [1.29, 1.82) is 0 Å². The van der Waals surface area contributed by atoms with Crippen LogP contribution in [0.1, 0.15) is 17.9 Å². The number of aliphatic hydroxyl groups excluding tert-OH is 1. The molecule has 1 aromatic carbocycles. The highest BCUT2D eigenvalue weighted by Gasteiger charge is 2.09. The van der Waals surface area contributed by atoms with Crippen molar-refractivity contribution in [2.24, 2.45) is 0 Å².